The summed E-state index contributed by atoms with van der Waals surface area (Å²) in [6.07, 6.45) is 2.79. The number of thiazole rings is 1. The Kier molecular flexibility index (Phi) is 5.90. The Hall–Kier alpha value is -3.10. The zero-order chi connectivity index (χ0) is 19.2. The fourth-order valence-corrected chi connectivity index (χ4v) is 3.49. The maximum atomic E-state index is 9.66. The van der Waals surface area contributed by atoms with E-state index in [0.717, 1.165) is 23.2 Å². The van der Waals surface area contributed by atoms with E-state index in [-0.39, 0.29) is 0 Å². The third-order valence-corrected chi connectivity index (χ3v) is 5.13. The van der Waals surface area contributed by atoms with Crippen molar-refractivity contribution in [2.45, 2.75) is 13.3 Å². The van der Waals surface area contributed by atoms with E-state index in [0.29, 0.717) is 22.1 Å². The monoisotopic (exact) mass is 376 g/mol. The molecule has 27 heavy (non-hydrogen) atoms. The fraction of sp³-hybridized carbons (Fsp3) is 0.182. The highest BCUT2D eigenvalue weighted by molar-refractivity contribution is 7.11. The molecule has 0 saturated carbocycles. The zero-order valence-electron chi connectivity index (χ0n) is 15.5. The summed E-state index contributed by atoms with van der Waals surface area (Å²) in [6, 6.07) is 16.1. The number of hydrogen-bond donors (Lipinski definition) is 0. The molecule has 0 amide bonds. The van der Waals surface area contributed by atoms with Crippen LogP contribution in [0.2, 0.25) is 0 Å². The van der Waals surface area contributed by atoms with E-state index < -0.39 is 0 Å². The third kappa shape index (κ3) is 4.18. The fourth-order valence-electron chi connectivity index (χ4n) is 2.69. The van der Waals surface area contributed by atoms with Crippen molar-refractivity contribution in [2.75, 3.05) is 14.2 Å². The quantitative estimate of drug-likeness (QED) is 0.537. The van der Waals surface area contributed by atoms with Gasteiger partial charge in [0.1, 0.15) is 22.6 Å². The van der Waals surface area contributed by atoms with Crippen LogP contribution in [0.4, 0.5) is 0 Å². The predicted octanol–water partition coefficient (Wildman–Crippen LogP) is 5.45. The average Bonchev–Trinajstić information content (AvgIpc) is 3.21. The van der Waals surface area contributed by atoms with E-state index in [1.165, 1.54) is 16.9 Å². The average molecular weight is 376 g/mol. The molecule has 0 saturated heterocycles. The first-order valence-corrected chi connectivity index (χ1v) is 9.45. The number of aryl methyl sites for hydroxylation is 1. The van der Waals surface area contributed by atoms with Gasteiger partial charge in [0, 0.05) is 16.5 Å². The second kappa shape index (κ2) is 8.52. The van der Waals surface area contributed by atoms with Crippen LogP contribution < -0.4 is 9.47 Å². The molecule has 0 spiro atoms. The van der Waals surface area contributed by atoms with Crippen LogP contribution in [0.3, 0.4) is 0 Å². The molecule has 1 aromatic heterocycles. The molecule has 0 aliphatic heterocycles. The molecule has 0 radical (unpaired) electrons. The van der Waals surface area contributed by atoms with E-state index in [1.807, 2.05) is 23.6 Å². The van der Waals surface area contributed by atoms with Crippen LogP contribution in [0.1, 0.15) is 23.1 Å². The minimum atomic E-state index is 0.489. The summed E-state index contributed by atoms with van der Waals surface area (Å²) in [5, 5.41) is 12.3. The molecule has 5 heteroatoms. The number of aromatic nitrogens is 1. The van der Waals surface area contributed by atoms with Gasteiger partial charge in [0.15, 0.2) is 0 Å². The second-order valence-electron chi connectivity index (χ2n) is 5.87. The van der Waals surface area contributed by atoms with Gasteiger partial charge in [0.25, 0.3) is 0 Å². The van der Waals surface area contributed by atoms with E-state index in [2.05, 4.69) is 42.2 Å². The number of hydrogen-bond acceptors (Lipinski definition) is 5. The number of rotatable bonds is 6. The molecule has 0 unspecified atom stereocenters. The van der Waals surface area contributed by atoms with Crippen LogP contribution in [0, 0.1) is 11.3 Å². The standard InChI is InChI=1S/C22H20N2O2S/c1-4-15-5-7-16(8-6-15)20-14-27-22(24-20)18(13-23)11-17-12-19(25-2)9-10-21(17)26-3/h5-12,14H,4H2,1-3H3. The maximum Gasteiger partial charge on any atom is 0.134 e. The summed E-state index contributed by atoms with van der Waals surface area (Å²) >= 11 is 1.46. The molecule has 0 aliphatic rings. The molecule has 3 rings (SSSR count). The van der Waals surface area contributed by atoms with Gasteiger partial charge in [-0.3, -0.25) is 0 Å². The summed E-state index contributed by atoms with van der Waals surface area (Å²) in [7, 11) is 3.21. The third-order valence-electron chi connectivity index (χ3n) is 4.25. The van der Waals surface area contributed by atoms with E-state index in [9.17, 15) is 5.26 Å². The lowest BCUT2D eigenvalue weighted by Crippen LogP contribution is -1.90. The van der Waals surface area contributed by atoms with Crippen molar-refractivity contribution in [2.24, 2.45) is 0 Å². The van der Waals surface area contributed by atoms with E-state index >= 15 is 0 Å². The Morgan fingerprint density at radius 1 is 1.15 bits per heavy atom. The van der Waals surface area contributed by atoms with E-state index in [1.54, 1.807) is 20.3 Å². The summed E-state index contributed by atoms with van der Waals surface area (Å²) in [6.45, 7) is 2.13. The van der Waals surface area contributed by atoms with E-state index in [4.69, 9.17) is 9.47 Å². The highest BCUT2D eigenvalue weighted by Gasteiger charge is 2.11. The van der Waals surface area contributed by atoms with Crippen LogP contribution in [-0.2, 0) is 6.42 Å². The van der Waals surface area contributed by atoms with Crippen LogP contribution in [0.25, 0.3) is 22.9 Å². The summed E-state index contributed by atoms with van der Waals surface area (Å²) in [5.41, 5.74) is 4.47. The topological polar surface area (TPSA) is 55.1 Å². The van der Waals surface area contributed by atoms with Crippen LogP contribution >= 0.6 is 11.3 Å². The lowest BCUT2D eigenvalue weighted by Gasteiger charge is -2.07. The number of allylic oxidation sites excluding steroid dienone is 1. The largest absolute Gasteiger partial charge is 0.497 e. The minimum Gasteiger partial charge on any atom is -0.497 e. The minimum absolute atomic E-state index is 0.489. The highest BCUT2D eigenvalue weighted by Crippen LogP contribution is 2.31. The highest BCUT2D eigenvalue weighted by atomic mass is 32.1. The number of nitriles is 1. The SMILES string of the molecule is CCc1ccc(-c2csc(C(C#N)=Cc3cc(OC)ccc3OC)n2)cc1. The van der Waals surface area contributed by atoms with Crippen molar-refractivity contribution < 1.29 is 9.47 Å². The van der Waals surface area contributed by atoms with Gasteiger partial charge in [-0.15, -0.1) is 11.3 Å². The van der Waals surface area contributed by atoms with Crippen molar-refractivity contribution in [3.05, 3.63) is 64.0 Å². The Morgan fingerprint density at radius 3 is 2.56 bits per heavy atom. The van der Waals surface area contributed by atoms with Crippen LogP contribution in [-0.4, -0.2) is 19.2 Å². The van der Waals surface area contributed by atoms with Crippen LogP contribution in [0.15, 0.2) is 47.8 Å². The first-order valence-electron chi connectivity index (χ1n) is 8.57. The Balaban J connectivity index is 1.96. The molecule has 0 fully saturated rings. The normalized spacial score (nSPS) is 11.1. The van der Waals surface area contributed by atoms with Crippen molar-refractivity contribution >= 4 is 23.0 Å². The number of nitrogens with zero attached hydrogens (tertiary/aromatic N) is 2. The molecule has 136 valence electrons. The first kappa shape index (κ1) is 18.7. The number of ether oxygens (including phenoxy) is 2. The molecule has 0 N–H and O–H groups in total. The molecule has 0 aliphatic carbocycles. The van der Waals surface area contributed by atoms with Gasteiger partial charge in [-0.2, -0.15) is 5.26 Å². The van der Waals surface area contributed by atoms with Crippen molar-refractivity contribution in [1.29, 1.82) is 5.26 Å². The van der Waals surface area contributed by atoms with Gasteiger partial charge in [0.2, 0.25) is 0 Å². The van der Waals surface area contributed by atoms with Gasteiger partial charge < -0.3 is 9.47 Å². The van der Waals surface area contributed by atoms with Crippen molar-refractivity contribution in [3.8, 4) is 28.8 Å². The molecule has 4 nitrogen and oxygen atoms in total. The molecule has 2 aromatic carbocycles. The lowest BCUT2D eigenvalue weighted by molar-refractivity contribution is 0.402. The lowest BCUT2D eigenvalue weighted by atomic mass is 10.1. The Bertz CT molecular complexity index is 998. The molecule has 1 heterocycles. The van der Waals surface area contributed by atoms with Gasteiger partial charge in [-0.05, 0) is 36.3 Å². The first-order chi connectivity index (χ1) is 13.2. The predicted molar refractivity (Wildman–Crippen MR) is 110 cm³/mol. The molecular weight excluding hydrogens is 356 g/mol. The molecule has 3 aromatic rings. The van der Waals surface area contributed by atoms with Crippen LogP contribution in [0.5, 0.6) is 11.5 Å². The number of benzene rings is 2. The molecular formula is C22H20N2O2S. The summed E-state index contributed by atoms with van der Waals surface area (Å²) in [5.74, 6) is 1.38. The number of methoxy groups -OCH3 is 2. The van der Waals surface area contributed by atoms with Gasteiger partial charge in [-0.25, -0.2) is 4.98 Å². The molecule has 0 bridgehead atoms. The van der Waals surface area contributed by atoms with Gasteiger partial charge in [0.05, 0.1) is 25.5 Å². The smallest absolute Gasteiger partial charge is 0.134 e. The second-order valence-corrected chi connectivity index (χ2v) is 6.72. The van der Waals surface area contributed by atoms with Gasteiger partial charge in [-0.1, -0.05) is 31.2 Å². The van der Waals surface area contributed by atoms with Crippen molar-refractivity contribution in [3.63, 3.8) is 0 Å². The zero-order valence-corrected chi connectivity index (χ0v) is 16.3. The van der Waals surface area contributed by atoms with Gasteiger partial charge >= 0.3 is 0 Å². The maximum absolute atomic E-state index is 9.66. The van der Waals surface area contributed by atoms with Crippen molar-refractivity contribution in [1.82, 2.24) is 4.98 Å². The summed E-state index contributed by atoms with van der Waals surface area (Å²) in [4.78, 5) is 4.66. The Morgan fingerprint density at radius 2 is 1.93 bits per heavy atom. The molecule has 0 atom stereocenters. The summed E-state index contributed by atoms with van der Waals surface area (Å²) < 4.78 is 10.7. The Labute approximate surface area is 163 Å².